The molecule has 8 bridgehead atoms. The molecule has 9 heterocycles. The highest BCUT2D eigenvalue weighted by molar-refractivity contribution is 7.10. The lowest BCUT2D eigenvalue weighted by atomic mass is 9.73. The van der Waals surface area contributed by atoms with Crippen LogP contribution in [-0.2, 0) is 51.0 Å². The van der Waals surface area contributed by atoms with Crippen LogP contribution in [-0.4, -0.2) is 161 Å². The van der Waals surface area contributed by atoms with Gasteiger partial charge in [0.1, 0.15) is 29.5 Å². The van der Waals surface area contributed by atoms with Crippen molar-refractivity contribution in [3.63, 3.8) is 0 Å². The molecule has 4 saturated heterocycles. The first kappa shape index (κ1) is 52.8. The van der Waals surface area contributed by atoms with Crippen LogP contribution >= 0.6 is 11.3 Å². The van der Waals surface area contributed by atoms with Crippen LogP contribution < -0.4 is 10.7 Å². The van der Waals surface area contributed by atoms with Gasteiger partial charge in [-0.15, -0.1) is 11.3 Å². The maximum Gasteiger partial charge on any atom is 0.325 e. The second-order valence-electron chi connectivity index (χ2n) is 22.9. The molecule has 6 fully saturated rings. The number of aromatic nitrogens is 5. The number of cyclic esters (lactones) is 1. The quantitative estimate of drug-likeness (QED) is 0.117. The van der Waals surface area contributed by atoms with Crippen molar-refractivity contribution < 1.29 is 38.1 Å². The minimum atomic E-state index is -1.19. The summed E-state index contributed by atoms with van der Waals surface area (Å²) >= 11 is 1.42. The number of piperazine rings is 1. The third kappa shape index (κ3) is 10.7. The Morgan fingerprint density at radius 1 is 1.03 bits per heavy atom. The number of carbonyl (C=O) groups is 3. The van der Waals surface area contributed by atoms with Crippen LogP contribution in [0.5, 0.6) is 0 Å². The van der Waals surface area contributed by atoms with Crippen molar-refractivity contribution in [1.82, 2.24) is 50.1 Å². The number of nitrogens with zero attached hydrogens (tertiary/aromatic N) is 8. The fourth-order valence-electron chi connectivity index (χ4n) is 12.3. The number of rotatable bonds is 14. The Bertz CT molecular complexity index is 2880. The average molecular weight is 1060 g/mol. The first-order chi connectivity index (χ1) is 36.8. The fourth-order valence-corrected chi connectivity index (χ4v) is 13.2. The number of benzene rings is 1. The number of esters is 1. The lowest BCUT2D eigenvalue weighted by Gasteiger charge is -2.53. The van der Waals surface area contributed by atoms with E-state index < -0.39 is 35.5 Å². The predicted molar refractivity (Wildman–Crippen MR) is 287 cm³/mol. The van der Waals surface area contributed by atoms with Gasteiger partial charge in [0.2, 0.25) is 5.91 Å². The third-order valence-corrected chi connectivity index (χ3v) is 18.0. The van der Waals surface area contributed by atoms with Crippen molar-refractivity contribution in [3.8, 4) is 22.5 Å². The summed E-state index contributed by atoms with van der Waals surface area (Å²) in [6.45, 7) is 17.0. The van der Waals surface area contributed by atoms with E-state index in [4.69, 9.17) is 33.7 Å². The Morgan fingerprint density at radius 2 is 1.83 bits per heavy atom. The highest BCUT2D eigenvalue weighted by Crippen LogP contribution is 2.53. The average Bonchev–Trinajstić information content (AvgIpc) is 3.71. The number of nitrogens with one attached hydrogen (secondary N) is 2. The molecule has 19 heteroatoms. The molecule has 2 saturated carbocycles. The van der Waals surface area contributed by atoms with Crippen LogP contribution in [0.2, 0.25) is 0 Å². The molecule has 4 aromatic heterocycles. The summed E-state index contributed by atoms with van der Waals surface area (Å²) in [5.41, 5.74) is 10.1. The fraction of sp³-hybridized carbons (Fsp3) is 0.596. The van der Waals surface area contributed by atoms with E-state index in [9.17, 15) is 9.59 Å². The van der Waals surface area contributed by atoms with Crippen LogP contribution in [0.3, 0.4) is 0 Å². The van der Waals surface area contributed by atoms with E-state index in [2.05, 4.69) is 87.2 Å². The number of ether oxygens (including phenoxy) is 5. The Morgan fingerprint density at radius 3 is 2.59 bits per heavy atom. The molecule has 12 rings (SSSR count). The van der Waals surface area contributed by atoms with Gasteiger partial charge in [-0.05, 0) is 101 Å². The SMILES string of the molecule is CO[C@@H](C)c1ncccc1-c1c2c3cc(ccc3n1CCOC1CCOCC1)-c1csc(n1)[C@@H](OC[C@H](C)N1CCN(C)CC1)[C@H](NC(=O)[C@@H]1[C@@H](C)[C@H]1c1ccncn1)C(=O)N1N[C@H](C(=O)OCC(C)(C)C2)C2CC1C2. The second kappa shape index (κ2) is 22.2. The third-order valence-electron chi connectivity index (χ3n) is 17.1. The van der Waals surface area contributed by atoms with E-state index in [0.717, 1.165) is 89.4 Å². The molecule has 406 valence electrons. The molecule has 2 N–H and O–H groups in total. The number of thiazole rings is 1. The van der Waals surface area contributed by atoms with Gasteiger partial charge in [0, 0.05) is 128 Å². The maximum atomic E-state index is 15.6. The minimum absolute atomic E-state index is 0.00971. The van der Waals surface area contributed by atoms with Gasteiger partial charge < -0.3 is 38.5 Å². The standard InChI is InChI=1S/C57H74N10O8S/c1-33(65-19-17-64(6)18-20-65)29-74-52-50(62-53(68)47-34(2)46(47)43-12-16-58-32-60-43)55(69)67-38-25-37(26-38)49(63-67)56(70)75-31-57(4,5)28-42-41-27-36(44-30-76-54(52)61-44)10-11-45(41)66(21-24-73-39-13-22-72-23-14-39)51(42)40-9-8-15-59-48(40)35(3)71-7/h8-12,15-16,27,30,32-35,37-39,46-47,49-50,52,63H,13-14,17-26,28-29,31H2,1-7H3,(H,62,68)/t33-,34-,35-,37?,38?,46-,47+,49-,50-,52-/m0/s1. The number of fused-ring (bicyclic) bond motifs is 4. The molecule has 0 radical (unpaired) electrons. The van der Waals surface area contributed by atoms with Crippen LogP contribution in [0.15, 0.2) is 60.5 Å². The molecule has 0 unspecified atom stereocenters. The van der Waals surface area contributed by atoms with Crippen molar-refractivity contribution in [2.75, 3.05) is 73.4 Å². The number of hydrazine groups is 1. The first-order valence-electron chi connectivity index (χ1n) is 27.4. The van der Waals surface area contributed by atoms with Gasteiger partial charge >= 0.3 is 5.97 Å². The van der Waals surface area contributed by atoms with Crippen molar-refractivity contribution in [2.24, 2.45) is 23.2 Å². The van der Waals surface area contributed by atoms with Crippen molar-refractivity contribution in [2.45, 2.75) is 122 Å². The molecule has 7 aliphatic rings. The van der Waals surface area contributed by atoms with Crippen molar-refractivity contribution >= 4 is 40.0 Å². The van der Waals surface area contributed by atoms with Gasteiger partial charge in [0.05, 0.1) is 49.1 Å². The van der Waals surface area contributed by atoms with Crippen LogP contribution in [0, 0.1) is 23.2 Å². The molecular weight excluding hydrogens is 985 g/mol. The summed E-state index contributed by atoms with van der Waals surface area (Å²) in [7, 11) is 3.84. The Kier molecular flexibility index (Phi) is 15.4. The molecule has 76 heavy (non-hydrogen) atoms. The zero-order valence-corrected chi connectivity index (χ0v) is 45.8. The molecule has 2 amide bonds. The summed E-state index contributed by atoms with van der Waals surface area (Å²) in [6.07, 6.45) is 7.37. The number of hydrogen-bond donors (Lipinski definition) is 2. The summed E-state index contributed by atoms with van der Waals surface area (Å²) in [5.74, 6) is -1.63. The van der Waals surface area contributed by atoms with Crippen LogP contribution in [0.1, 0.15) is 100 Å². The lowest BCUT2D eigenvalue weighted by molar-refractivity contribution is -0.173. The van der Waals surface area contributed by atoms with E-state index in [1.807, 2.05) is 37.6 Å². The minimum Gasteiger partial charge on any atom is -0.464 e. The normalized spacial score (nSPS) is 28.1. The number of likely N-dealkylation sites (N-methyl/N-ethyl adjacent to an activating group) is 1. The zero-order chi connectivity index (χ0) is 52.8. The smallest absolute Gasteiger partial charge is 0.325 e. The van der Waals surface area contributed by atoms with Gasteiger partial charge in [-0.2, -0.15) is 0 Å². The number of carbonyl (C=O) groups excluding carboxylic acids is 3. The van der Waals surface area contributed by atoms with Gasteiger partial charge in [-0.1, -0.05) is 26.8 Å². The van der Waals surface area contributed by atoms with E-state index in [0.29, 0.717) is 50.6 Å². The zero-order valence-electron chi connectivity index (χ0n) is 45.0. The van der Waals surface area contributed by atoms with Gasteiger partial charge in [0.15, 0.2) is 0 Å². The second-order valence-corrected chi connectivity index (χ2v) is 23.8. The summed E-state index contributed by atoms with van der Waals surface area (Å²) in [6, 6.07) is 10.3. The van der Waals surface area contributed by atoms with E-state index >= 15 is 4.79 Å². The topological polar surface area (TPSA) is 188 Å². The first-order valence-corrected chi connectivity index (χ1v) is 28.3. The number of pyridine rings is 1. The van der Waals surface area contributed by atoms with E-state index in [1.165, 1.54) is 17.7 Å². The summed E-state index contributed by atoms with van der Waals surface area (Å²) < 4.78 is 34.0. The monoisotopic (exact) mass is 1060 g/mol. The Balaban J connectivity index is 1.03. The van der Waals surface area contributed by atoms with E-state index in [-0.39, 0.29) is 67.1 Å². The van der Waals surface area contributed by atoms with Crippen LogP contribution in [0.4, 0.5) is 0 Å². The number of methoxy groups -OCH3 is 1. The van der Waals surface area contributed by atoms with Gasteiger partial charge in [-0.25, -0.2) is 20.4 Å². The molecular formula is C57H74N10O8S. The molecule has 18 nitrogen and oxygen atoms in total. The molecule has 1 aromatic carbocycles. The maximum absolute atomic E-state index is 15.6. The number of hydrogen-bond acceptors (Lipinski definition) is 16. The van der Waals surface area contributed by atoms with Crippen molar-refractivity contribution in [3.05, 3.63) is 82.5 Å². The lowest BCUT2D eigenvalue weighted by Crippen LogP contribution is -2.72. The highest BCUT2D eigenvalue weighted by Gasteiger charge is 2.56. The Labute approximate surface area is 449 Å². The molecule has 5 aliphatic heterocycles. The largest absolute Gasteiger partial charge is 0.464 e. The van der Waals surface area contributed by atoms with Crippen LogP contribution in [0.25, 0.3) is 33.4 Å². The van der Waals surface area contributed by atoms with Gasteiger partial charge in [0.25, 0.3) is 5.91 Å². The van der Waals surface area contributed by atoms with E-state index in [1.54, 1.807) is 18.3 Å². The molecule has 2 aliphatic carbocycles. The molecule has 8 atom stereocenters. The summed E-state index contributed by atoms with van der Waals surface area (Å²) in [4.78, 5) is 68.5. The van der Waals surface area contributed by atoms with Gasteiger partial charge in [-0.3, -0.25) is 29.3 Å². The summed E-state index contributed by atoms with van der Waals surface area (Å²) in [5, 5.41) is 8.47. The predicted octanol–water partition coefficient (Wildman–Crippen LogP) is 6.37. The number of amides is 2. The van der Waals surface area contributed by atoms with Crippen molar-refractivity contribution in [1.29, 1.82) is 0 Å². The molecule has 0 spiro atoms. The Hall–Kier alpha value is -5.25. The molecule has 5 aromatic rings. The highest BCUT2D eigenvalue weighted by atomic mass is 32.1.